The summed E-state index contributed by atoms with van der Waals surface area (Å²) in [6, 6.07) is 4.41. The fourth-order valence-electron chi connectivity index (χ4n) is 2.28. The van der Waals surface area contributed by atoms with Gasteiger partial charge >= 0.3 is 0 Å². The molecule has 4 nitrogen and oxygen atoms in total. The Labute approximate surface area is 118 Å². The van der Waals surface area contributed by atoms with E-state index in [2.05, 4.69) is 34.8 Å². The maximum atomic E-state index is 9.66. The normalized spacial score (nSPS) is 14.8. The molecule has 0 saturated heterocycles. The number of hydrogen-bond donors (Lipinski definition) is 2. The van der Waals surface area contributed by atoms with Crippen molar-refractivity contribution in [2.24, 2.45) is 0 Å². The number of rotatable bonds is 6. The van der Waals surface area contributed by atoms with Crippen LogP contribution in [0.15, 0.2) is 29.9 Å². The van der Waals surface area contributed by atoms with Gasteiger partial charge in [-0.05, 0) is 18.4 Å². The van der Waals surface area contributed by atoms with Gasteiger partial charge in [-0.15, -0.1) is 11.3 Å². The second-order valence-electron chi connectivity index (χ2n) is 5.37. The number of imidazole rings is 1. The van der Waals surface area contributed by atoms with Crippen LogP contribution in [0.2, 0.25) is 0 Å². The lowest BCUT2D eigenvalue weighted by molar-refractivity contribution is 0.149. The molecule has 0 aliphatic rings. The number of aliphatic hydroxyl groups excluding tert-OH is 1. The van der Waals surface area contributed by atoms with Gasteiger partial charge in [0.15, 0.2) is 0 Å². The number of nitrogens with zero attached hydrogens (tertiary/aromatic N) is 2. The summed E-state index contributed by atoms with van der Waals surface area (Å²) in [5.74, 6) is 0.959. The van der Waals surface area contributed by atoms with Crippen LogP contribution in [0.4, 0.5) is 0 Å². The van der Waals surface area contributed by atoms with Gasteiger partial charge in [-0.2, -0.15) is 0 Å². The first-order chi connectivity index (χ1) is 9.04. The molecule has 2 aromatic heterocycles. The van der Waals surface area contributed by atoms with E-state index >= 15 is 0 Å². The van der Waals surface area contributed by atoms with Crippen LogP contribution in [0.5, 0.6) is 0 Å². The average molecular weight is 279 g/mol. The minimum absolute atomic E-state index is 0.0905. The van der Waals surface area contributed by atoms with Gasteiger partial charge < -0.3 is 15.0 Å². The van der Waals surface area contributed by atoms with Crippen molar-refractivity contribution in [3.8, 4) is 10.7 Å². The van der Waals surface area contributed by atoms with Crippen LogP contribution in [0.3, 0.4) is 0 Å². The Balaban J connectivity index is 2.21. The molecule has 0 bridgehead atoms. The van der Waals surface area contributed by atoms with Crippen LogP contribution >= 0.6 is 11.3 Å². The summed E-state index contributed by atoms with van der Waals surface area (Å²) in [5, 5.41) is 15.1. The molecule has 0 spiro atoms. The molecule has 1 atom stereocenters. The molecule has 0 saturated carbocycles. The molecule has 1 unspecified atom stereocenters. The summed E-state index contributed by atoms with van der Waals surface area (Å²) >= 11 is 1.68. The van der Waals surface area contributed by atoms with Crippen LogP contribution in [-0.4, -0.2) is 32.8 Å². The van der Waals surface area contributed by atoms with Crippen molar-refractivity contribution in [3.63, 3.8) is 0 Å². The fraction of sp³-hybridized carbons (Fsp3) is 0.500. The predicted molar refractivity (Wildman–Crippen MR) is 79.3 cm³/mol. The minimum Gasteiger partial charge on any atom is -0.394 e. The SMILES string of the molecule is CC(C)NC(C)(CO)Cn1ccnc1-c1cccs1. The first kappa shape index (κ1) is 14.2. The maximum Gasteiger partial charge on any atom is 0.150 e. The molecule has 0 aliphatic heterocycles. The second kappa shape index (κ2) is 5.86. The summed E-state index contributed by atoms with van der Waals surface area (Å²) in [6.45, 7) is 6.98. The van der Waals surface area contributed by atoms with Crippen molar-refractivity contribution >= 4 is 11.3 Å². The molecule has 0 aromatic carbocycles. The zero-order chi connectivity index (χ0) is 13.9. The van der Waals surface area contributed by atoms with Crippen LogP contribution in [0, 0.1) is 0 Å². The Morgan fingerprint density at radius 1 is 1.53 bits per heavy atom. The van der Waals surface area contributed by atoms with Gasteiger partial charge in [-0.3, -0.25) is 0 Å². The lowest BCUT2D eigenvalue weighted by atomic mass is 10.0. The summed E-state index contributed by atoms with van der Waals surface area (Å²) in [6.07, 6.45) is 3.77. The molecule has 0 fully saturated rings. The van der Waals surface area contributed by atoms with Gasteiger partial charge in [-0.25, -0.2) is 4.98 Å². The Morgan fingerprint density at radius 2 is 2.32 bits per heavy atom. The zero-order valence-corrected chi connectivity index (χ0v) is 12.4. The quantitative estimate of drug-likeness (QED) is 0.853. The second-order valence-corrected chi connectivity index (χ2v) is 6.32. The molecular formula is C14H21N3OS. The van der Waals surface area contributed by atoms with Crippen LogP contribution in [0.25, 0.3) is 10.7 Å². The first-order valence-electron chi connectivity index (χ1n) is 6.48. The Hall–Kier alpha value is -1.17. The maximum absolute atomic E-state index is 9.66. The van der Waals surface area contributed by atoms with E-state index in [1.807, 2.05) is 30.8 Å². The van der Waals surface area contributed by atoms with E-state index in [4.69, 9.17) is 0 Å². The standard InChI is InChI=1S/C14H21N3OS/c1-11(2)16-14(3,10-18)9-17-7-6-15-13(17)12-5-4-8-19-12/h4-8,11,16,18H,9-10H2,1-3H3. The van der Waals surface area contributed by atoms with Gasteiger partial charge in [0.25, 0.3) is 0 Å². The van der Waals surface area contributed by atoms with E-state index in [-0.39, 0.29) is 12.1 Å². The molecule has 2 aromatic rings. The molecule has 0 amide bonds. The van der Waals surface area contributed by atoms with Crippen LogP contribution in [-0.2, 0) is 6.54 Å². The molecule has 0 aliphatic carbocycles. The Bertz CT molecular complexity index is 507. The smallest absolute Gasteiger partial charge is 0.150 e. The largest absolute Gasteiger partial charge is 0.394 e. The van der Waals surface area contributed by atoms with E-state index in [9.17, 15) is 5.11 Å². The lowest BCUT2D eigenvalue weighted by Crippen LogP contribution is -2.52. The predicted octanol–water partition coefficient (Wildman–Crippen LogP) is 2.36. The van der Waals surface area contributed by atoms with Crippen molar-refractivity contribution in [3.05, 3.63) is 29.9 Å². The zero-order valence-electron chi connectivity index (χ0n) is 11.6. The summed E-state index contributed by atoms with van der Waals surface area (Å²) in [7, 11) is 0. The highest BCUT2D eigenvalue weighted by molar-refractivity contribution is 7.13. The van der Waals surface area contributed by atoms with Gasteiger partial charge in [0.05, 0.1) is 17.0 Å². The molecular weight excluding hydrogens is 258 g/mol. The topological polar surface area (TPSA) is 50.1 Å². The molecule has 2 rings (SSSR count). The van der Waals surface area contributed by atoms with Crippen molar-refractivity contribution in [1.29, 1.82) is 0 Å². The summed E-state index contributed by atoms with van der Waals surface area (Å²) in [4.78, 5) is 5.57. The number of aliphatic hydroxyl groups is 1. The first-order valence-corrected chi connectivity index (χ1v) is 7.35. The molecule has 5 heteroatoms. The van der Waals surface area contributed by atoms with Gasteiger partial charge in [-0.1, -0.05) is 19.9 Å². The minimum atomic E-state index is -0.346. The molecule has 2 heterocycles. The van der Waals surface area contributed by atoms with Crippen molar-refractivity contribution < 1.29 is 5.11 Å². The highest BCUT2D eigenvalue weighted by Gasteiger charge is 2.25. The Morgan fingerprint density at radius 3 is 2.89 bits per heavy atom. The monoisotopic (exact) mass is 279 g/mol. The lowest BCUT2D eigenvalue weighted by Gasteiger charge is -2.32. The number of aromatic nitrogens is 2. The van der Waals surface area contributed by atoms with Crippen LogP contribution < -0.4 is 5.32 Å². The third-order valence-corrected chi connectivity index (χ3v) is 3.83. The van der Waals surface area contributed by atoms with E-state index < -0.39 is 0 Å². The van der Waals surface area contributed by atoms with Crippen LogP contribution in [0.1, 0.15) is 20.8 Å². The number of hydrogen-bond acceptors (Lipinski definition) is 4. The Kier molecular flexibility index (Phi) is 4.39. The van der Waals surface area contributed by atoms with E-state index in [1.54, 1.807) is 11.3 Å². The summed E-state index contributed by atoms with van der Waals surface area (Å²) in [5.41, 5.74) is -0.346. The van der Waals surface area contributed by atoms with E-state index in [0.717, 1.165) is 10.7 Å². The van der Waals surface area contributed by atoms with Gasteiger partial charge in [0.2, 0.25) is 0 Å². The van der Waals surface area contributed by atoms with Gasteiger partial charge in [0, 0.05) is 25.0 Å². The third kappa shape index (κ3) is 3.43. The van der Waals surface area contributed by atoms with E-state index in [0.29, 0.717) is 12.6 Å². The molecule has 19 heavy (non-hydrogen) atoms. The molecule has 2 N–H and O–H groups in total. The average Bonchev–Trinajstić information content (AvgIpc) is 2.97. The summed E-state index contributed by atoms with van der Waals surface area (Å²) < 4.78 is 2.09. The molecule has 104 valence electrons. The van der Waals surface area contributed by atoms with Crippen molar-refractivity contribution in [2.45, 2.75) is 38.9 Å². The van der Waals surface area contributed by atoms with Crippen molar-refractivity contribution in [2.75, 3.05) is 6.61 Å². The number of nitrogens with one attached hydrogen (secondary N) is 1. The van der Waals surface area contributed by atoms with E-state index in [1.165, 1.54) is 0 Å². The highest BCUT2D eigenvalue weighted by Crippen LogP contribution is 2.24. The third-order valence-electron chi connectivity index (χ3n) is 2.96. The fourth-order valence-corrected chi connectivity index (χ4v) is 3.02. The van der Waals surface area contributed by atoms with Gasteiger partial charge in [0.1, 0.15) is 5.82 Å². The molecule has 0 radical (unpaired) electrons. The number of thiophene rings is 1. The highest BCUT2D eigenvalue weighted by atomic mass is 32.1. The van der Waals surface area contributed by atoms with Crippen molar-refractivity contribution in [1.82, 2.24) is 14.9 Å².